The number of aliphatic hydroxyl groups excluding tert-OH is 1. The first-order valence-electron chi connectivity index (χ1n) is 5.32. The SMILES string of the molecule is CCCCCCC=CCC=CCO. The van der Waals surface area contributed by atoms with Crippen LogP contribution >= 0.6 is 0 Å². The standard InChI is InChI=1S/C12H22O/c1-2-3-4-5-6-7-8-9-10-11-12-13/h7-8,10-11,13H,2-6,9,12H2,1H3. The summed E-state index contributed by atoms with van der Waals surface area (Å²) in [5, 5.41) is 8.46. The molecule has 13 heavy (non-hydrogen) atoms. The maximum atomic E-state index is 8.46. The van der Waals surface area contributed by atoms with Gasteiger partial charge in [-0.05, 0) is 19.3 Å². The Bertz CT molecular complexity index is 136. The van der Waals surface area contributed by atoms with Crippen LogP contribution in [0, 0.1) is 0 Å². The highest BCUT2D eigenvalue weighted by atomic mass is 16.2. The van der Waals surface area contributed by atoms with E-state index < -0.39 is 0 Å². The van der Waals surface area contributed by atoms with E-state index in [0.29, 0.717) is 0 Å². The molecule has 1 N–H and O–H groups in total. The zero-order valence-electron chi connectivity index (χ0n) is 8.71. The highest BCUT2D eigenvalue weighted by Gasteiger charge is 1.83. The second-order valence-electron chi connectivity index (χ2n) is 3.21. The molecular formula is C12H22O. The first-order chi connectivity index (χ1) is 6.41. The Morgan fingerprint density at radius 1 is 0.923 bits per heavy atom. The molecule has 0 aliphatic carbocycles. The zero-order chi connectivity index (χ0) is 9.78. The minimum atomic E-state index is 0.157. The molecular weight excluding hydrogens is 160 g/mol. The lowest BCUT2D eigenvalue weighted by Crippen LogP contribution is -1.73. The van der Waals surface area contributed by atoms with Crippen LogP contribution < -0.4 is 0 Å². The Morgan fingerprint density at radius 2 is 1.69 bits per heavy atom. The maximum Gasteiger partial charge on any atom is 0.0612 e. The molecule has 0 atom stereocenters. The van der Waals surface area contributed by atoms with E-state index >= 15 is 0 Å². The van der Waals surface area contributed by atoms with E-state index in [1.165, 1.54) is 32.1 Å². The van der Waals surface area contributed by atoms with E-state index in [1.807, 2.05) is 6.08 Å². The van der Waals surface area contributed by atoms with Crippen LogP contribution in [-0.4, -0.2) is 11.7 Å². The van der Waals surface area contributed by atoms with Crippen LogP contribution in [0.5, 0.6) is 0 Å². The number of unbranched alkanes of at least 4 members (excludes halogenated alkanes) is 4. The maximum absolute atomic E-state index is 8.46. The summed E-state index contributed by atoms with van der Waals surface area (Å²) in [4.78, 5) is 0. The summed E-state index contributed by atoms with van der Waals surface area (Å²) in [5.41, 5.74) is 0. The first kappa shape index (κ1) is 12.4. The summed E-state index contributed by atoms with van der Waals surface area (Å²) in [6.07, 6.45) is 15.7. The molecule has 0 aromatic carbocycles. The molecule has 0 aliphatic heterocycles. The zero-order valence-corrected chi connectivity index (χ0v) is 8.71. The molecule has 0 amide bonds. The van der Waals surface area contributed by atoms with Gasteiger partial charge in [0.1, 0.15) is 0 Å². The van der Waals surface area contributed by atoms with Crippen LogP contribution in [0.2, 0.25) is 0 Å². The lowest BCUT2D eigenvalue weighted by Gasteiger charge is -1.93. The van der Waals surface area contributed by atoms with E-state index in [2.05, 4.69) is 19.1 Å². The van der Waals surface area contributed by atoms with Crippen LogP contribution in [-0.2, 0) is 0 Å². The van der Waals surface area contributed by atoms with E-state index in [4.69, 9.17) is 5.11 Å². The van der Waals surface area contributed by atoms with Gasteiger partial charge in [-0.15, -0.1) is 0 Å². The van der Waals surface area contributed by atoms with Gasteiger partial charge in [-0.1, -0.05) is 50.5 Å². The molecule has 0 fully saturated rings. The smallest absolute Gasteiger partial charge is 0.0612 e. The van der Waals surface area contributed by atoms with Crippen molar-refractivity contribution >= 4 is 0 Å². The number of allylic oxidation sites excluding steroid dienone is 3. The monoisotopic (exact) mass is 182 g/mol. The molecule has 76 valence electrons. The fourth-order valence-corrected chi connectivity index (χ4v) is 1.15. The number of hydrogen-bond acceptors (Lipinski definition) is 1. The quantitative estimate of drug-likeness (QED) is 0.450. The van der Waals surface area contributed by atoms with Crippen LogP contribution in [0.25, 0.3) is 0 Å². The van der Waals surface area contributed by atoms with Gasteiger partial charge >= 0.3 is 0 Å². The Hall–Kier alpha value is -0.560. The lowest BCUT2D eigenvalue weighted by atomic mass is 10.1. The topological polar surface area (TPSA) is 20.2 Å². The molecule has 1 heteroatoms. The molecule has 0 unspecified atom stereocenters. The van der Waals surface area contributed by atoms with Crippen LogP contribution in [0.3, 0.4) is 0 Å². The van der Waals surface area contributed by atoms with Gasteiger partial charge in [0.15, 0.2) is 0 Å². The molecule has 0 aromatic rings. The van der Waals surface area contributed by atoms with E-state index in [1.54, 1.807) is 6.08 Å². The van der Waals surface area contributed by atoms with Crippen LogP contribution in [0.1, 0.15) is 45.4 Å². The third-order valence-corrected chi connectivity index (χ3v) is 1.94. The summed E-state index contributed by atoms with van der Waals surface area (Å²) in [5.74, 6) is 0. The van der Waals surface area contributed by atoms with Gasteiger partial charge in [0.05, 0.1) is 6.61 Å². The summed E-state index contributed by atoms with van der Waals surface area (Å²) in [6.45, 7) is 2.39. The largest absolute Gasteiger partial charge is 0.392 e. The second-order valence-corrected chi connectivity index (χ2v) is 3.21. The van der Waals surface area contributed by atoms with Gasteiger partial charge < -0.3 is 5.11 Å². The summed E-state index contributed by atoms with van der Waals surface area (Å²) in [6, 6.07) is 0. The number of aliphatic hydroxyl groups is 1. The third-order valence-electron chi connectivity index (χ3n) is 1.94. The first-order valence-corrected chi connectivity index (χ1v) is 5.32. The molecule has 0 bridgehead atoms. The molecule has 0 rings (SSSR count). The van der Waals surface area contributed by atoms with Crippen molar-refractivity contribution in [3.05, 3.63) is 24.3 Å². The molecule has 0 radical (unpaired) electrons. The average molecular weight is 182 g/mol. The Morgan fingerprint density at radius 3 is 2.38 bits per heavy atom. The summed E-state index contributed by atoms with van der Waals surface area (Å²) in [7, 11) is 0. The number of rotatable bonds is 8. The van der Waals surface area contributed by atoms with Crippen molar-refractivity contribution < 1.29 is 5.11 Å². The predicted octanol–water partition coefficient (Wildman–Crippen LogP) is 3.45. The number of hydrogen-bond donors (Lipinski definition) is 1. The van der Waals surface area contributed by atoms with Gasteiger partial charge in [-0.3, -0.25) is 0 Å². The molecule has 0 saturated carbocycles. The van der Waals surface area contributed by atoms with Crippen molar-refractivity contribution in [2.24, 2.45) is 0 Å². The van der Waals surface area contributed by atoms with Gasteiger partial charge in [0, 0.05) is 0 Å². The molecule has 0 heterocycles. The predicted molar refractivity (Wildman–Crippen MR) is 58.7 cm³/mol. The summed E-state index contributed by atoms with van der Waals surface area (Å²) < 4.78 is 0. The van der Waals surface area contributed by atoms with Crippen LogP contribution in [0.15, 0.2) is 24.3 Å². The molecule has 0 aliphatic rings. The molecule has 0 aromatic heterocycles. The highest BCUT2D eigenvalue weighted by molar-refractivity contribution is 4.92. The van der Waals surface area contributed by atoms with Gasteiger partial charge in [-0.2, -0.15) is 0 Å². The Kier molecular flexibility index (Phi) is 10.9. The van der Waals surface area contributed by atoms with Crippen molar-refractivity contribution in [2.75, 3.05) is 6.61 Å². The van der Waals surface area contributed by atoms with Gasteiger partial charge in [0.25, 0.3) is 0 Å². The molecule has 1 nitrogen and oxygen atoms in total. The second kappa shape index (κ2) is 11.4. The molecule has 0 spiro atoms. The lowest BCUT2D eigenvalue weighted by molar-refractivity contribution is 0.342. The normalized spacial score (nSPS) is 11.8. The molecule has 0 saturated heterocycles. The minimum Gasteiger partial charge on any atom is -0.392 e. The third kappa shape index (κ3) is 11.4. The fraction of sp³-hybridized carbons (Fsp3) is 0.667. The van der Waals surface area contributed by atoms with E-state index in [-0.39, 0.29) is 6.61 Å². The van der Waals surface area contributed by atoms with E-state index in [0.717, 1.165) is 6.42 Å². The average Bonchev–Trinajstić information content (AvgIpc) is 2.16. The Balaban J connectivity index is 3.08. The fourth-order valence-electron chi connectivity index (χ4n) is 1.15. The van der Waals surface area contributed by atoms with Crippen LogP contribution in [0.4, 0.5) is 0 Å². The van der Waals surface area contributed by atoms with Crippen molar-refractivity contribution in [3.8, 4) is 0 Å². The summed E-state index contributed by atoms with van der Waals surface area (Å²) >= 11 is 0. The Labute approximate surface area is 82.2 Å². The highest BCUT2D eigenvalue weighted by Crippen LogP contribution is 2.03. The van der Waals surface area contributed by atoms with Gasteiger partial charge in [-0.25, -0.2) is 0 Å². The minimum absolute atomic E-state index is 0.157. The van der Waals surface area contributed by atoms with Crippen molar-refractivity contribution in [2.45, 2.75) is 45.4 Å². The van der Waals surface area contributed by atoms with Gasteiger partial charge in [0.2, 0.25) is 0 Å². The van der Waals surface area contributed by atoms with Crippen molar-refractivity contribution in [3.63, 3.8) is 0 Å². The van der Waals surface area contributed by atoms with Crippen molar-refractivity contribution in [1.82, 2.24) is 0 Å². The van der Waals surface area contributed by atoms with Crippen molar-refractivity contribution in [1.29, 1.82) is 0 Å². The van der Waals surface area contributed by atoms with E-state index in [9.17, 15) is 0 Å².